The fourth-order valence-corrected chi connectivity index (χ4v) is 4.38. The second kappa shape index (κ2) is 12.8. The molecule has 0 bridgehead atoms. The Morgan fingerprint density at radius 1 is 0.946 bits per heavy atom. The van der Waals surface area contributed by atoms with Gasteiger partial charge in [-0.05, 0) is 53.8 Å². The van der Waals surface area contributed by atoms with Gasteiger partial charge in [-0.1, -0.05) is 55.5 Å². The van der Waals surface area contributed by atoms with E-state index in [1.54, 1.807) is 12.0 Å². The second-order valence-corrected chi connectivity index (χ2v) is 9.06. The predicted molar refractivity (Wildman–Crippen MR) is 142 cm³/mol. The first kappa shape index (κ1) is 26.1. The van der Waals surface area contributed by atoms with Crippen LogP contribution in [0.5, 0.6) is 17.2 Å². The highest BCUT2D eigenvalue weighted by Crippen LogP contribution is 2.33. The van der Waals surface area contributed by atoms with E-state index < -0.39 is 6.04 Å². The molecule has 1 N–H and O–H groups in total. The lowest BCUT2D eigenvalue weighted by Crippen LogP contribution is -2.50. The Morgan fingerprint density at radius 2 is 1.73 bits per heavy atom. The number of carbonyl (C=O) groups excluding carboxylic acids is 2. The molecule has 1 atom stereocenters. The molecule has 37 heavy (non-hydrogen) atoms. The van der Waals surface area contributed by atoms with E-state index in [1.165, 1.54) is 0 Å². The van der Waals surface area contributed by atoms with E-state index in [0.29, 0.717) is 43.2 Å². The van der Waals surface area contributed by atoms with Crippen molar-refractivity contribution in [1.29, 1.82) is 0 Å². The third kappa shape index (κ3) is 7.03. The number of nitrogens with one attached hydrogen (secondary N) is 1. The van der Waals surface area contributed by atoms with Crippen LogP contribution in [-0.2, 0) is 29.0 Å². The maximum Gasteiger partial charge on any atom is 0.243 e. The zero-order valence-electron chi connectivity index (χ0n) is 21.4. The van der Waals surface area contributed by atoms with Gasteiger partial charge in [0.2, 0.25) is 18.6 Å². The third-order valence-corrected chi connectivity index (χ3v) is 6.37. The largest absolute Gasteiger partial charge is 0.497 e. The highest BCUT2D eigenvalue weighted by molar-refractivity contribution is 5.88. The summed E-state index contributed by atoms with van der Waals surface area (Å²) in [7, 11) is 1.61. The minimum atomic E-state index is -0.649. The SMILES string of the molecule is CCCNC(=O)[C@@H](Cc1ccccc1)N(Cc1cccc(OC)c1)C(=O)CCc1ccc2c(c1)OCO2. The fourth-order valence-electron chi connectivity index (χ4n) is 4.38. The molecule has 2 amide bonds. The highest BCUT2D eigenvalue weighted by Gasteiger charge is 2.30. The number of carbonyl (C=O) groups is 2. The Bertz CT molecular complexity index is 1200. The average Bonchev–Trinajstić information content (AvgIpc) is 3.41. The number of nitrogens with zero attached hydrogens (tertiary/aromatic N) is 1. The molecule has 194 valence electrons. The van der Waals surface area contributed by atoms with E-state index in [0.717, 1.165) is 23.1 Å². The van der Waals surface area contributed by atoms with Crippen LogP contribution in [0.4, 0.5) is 0 Å². The summed E-state index contributed by atoms with van der Waals surface area (Å²) in [5.41, 5.74) is 2.88. The number of fused-ring (bicyclic) bond motifs is 1. The molecule has 0 saturated carbocycles. The van der Waals surface area contributed by atoms with Gasteiger partial charge >= 0.3 is 0 Å². The number of benzene rings is 3. The first-order valence-corrected chi connectivity index (χ1v) is 12.7. The van der Waals surface area contributed by atoms with Gasteiger partial charge < -0.3 is 24.4 Å². The molecule has 1 heterocycles. The predicted octanol–water partition coefficient (Wildman–Crippen LogP) is 4.52. The van der Waals surface area contributed by atoms with Gasteiger partial charge in [0, 0.05) is 25.9 Å². The fraction of sp³-hybridized carbons (Fsp3) is 0.333. The highest BCUT2D eigenvalue weighted by atomic mass is 16.7. The number of hydrogen-bond donors (Lipinski definition) is 1. The van der Waals surface area contributed by atoms with E-state index in [4.69, 9.17) is 14.2 Å². The van der Waals surface area contributed by atoms with Crippen LogP contribution in [0.15, 0.2) is 72.8 Å². The van der Waals surface area contributed by atoms with Crippen LogP contribution >= 0.6 is 0 Å². The summed E-state index contributed by atoms with van der Waals surface area (Å²) in [6.07, 6.45) is 2.03. The standard InChI is InChI=1S/C30H34N2O5/c1-3-16-31-30(34)26(18-22-8-5-4-6-9-22)32(20-24-10-7-11-25(17-24)35-2)29(33)15-13-23-12-14-27-28(19-23)37-21-36-27/h4-12,14,17,19,26H,3,13,15-16,18,20-21H2,1-2H3,(H,31,34)/t26-/m1/s1. The van der Waals surface area contributed by atoms with Crippen molar-refractivity contribution in [2.45, 2.75) is 45.2 Å². The Hall–Kier alpha value is -4.00. The van der Waals surface area contributed by atoms with Crippen molar-refractivity contribution < 1.29 is 23.8 Å². The molecule has 0 saturated heterocycles. The van der Waals surface area contributed by atoms with E-state index in [1.807, 2.05) is 79.7 Å². The maximum absolute atomic E-state index is 13.8. The van der Waals surface area contributed by atoms with Gasteiger partial charge in [0.05, 0.1) is 7.11 Å². The van der Waals surface area contributed by atoms with Gasteiger partial charge in [0.15, 0.2) is 11.5 Å². The summed E-state index contributed by atoms with van der Waals surface area (Å²) >= 11 is 0. The van der Waals surface area contributed by atoms with Crippen LogP contribution in [0, 0.1) is 0 Å². The van der Waals surface area contributed by atoms with Crippen molar-refractivity contribution >= 4 is 11.8 Å². The van der Waals surface area contributed by atoms with E-state index in [-0.39, 0.29) is 25.0 Å². The van der Waals surface area contributed by atoms with Crippen LogP contribution in [0.3, 0.4) is 0 Å². The Labute approximate surface area is 218 Å². The van der Waals surface area contributed by atoms with Crippen molar-refractivity contribution in [3.63, 3.8) is 0 Å². The molecule has 1 aliphatic rings. The molecule has 0 radical (unpaired) electrons. The molecule has 0 aromatic heterocycles. The summed E-state index contributed by atoms with van der Waals surface area (Å²) in [5, 5.41) is 3.01. The molecule has 7 nitrogen and oxygen atoms in total. The quantitative estimate of drug-likeness (QED) is 0.394. The van der Waals surface area contributed by atoms with Crippen molar-refractivity contribution in [3.05, 3.63) is 89.5 Å². The molecule has 0 aliphatic carbocycles. The summed E-state index contributed by atoms with van der Waals surface area (Å²) in [5.74, 6) is 1.88. The second-order valence-electron chi connectivity index (χ2n) is 9.06. The summed E-state index contributed by atoms with van der Waals surface area (Å²) < 4.78 is 16.3. The van der Waals surface area contributed by atoms with E-state index in [2.05, 4.69) is 5.32 Å². The first-order chi connectivity index (χ1) is 18.1. The van der Waals surface area contributed by atoms with Crippen LogP contribution in [0.25, 0.3) is 0 Å². The molecular formula is C30H34N2O5. The van der Waals surface area contributed by atoms with E-state index in [9.17, 15) is 9.59 Å². The molecule has 3 aromatic rings. The normalized spacial score (nSPS) is 12.6. The molecule has 3 aromatic carbocycles. The van der Waals surface area contributed by atoms with Gasteiger partial charge in [0.1, 0.15) is 11.8 Å². The minimum absolute atomic E-state index is 0.0898. The van der Waals surface area contributed by atoms with Gasteiger partial charge in [-0.25, -0.2) is 0 Å². The number of rotatable bonds is 12. The lowest BCUT2D eigenvalue weighted by molar-refractivity contribution is -0.141. The van der Waals surface area contributed by atoms with Gasteiger partial charge in [-0.2, -0.15) is 0 Å². The number of amides is 2. The maximum atomic E-state index is 13.8. The molecule has 0 fully saturated rings. The Morgan fingerprint density at radius 3 is 2.51 bits per heavy atom. The molecule has 0 spiro atoms. The lowest BCUT2D eigenvalue weighted by atomic mass is 10.0. The minimum Gasteiger partial charge on any atom is -0.497 e. The van der Waals surface area contributed by atoms with E-state index >= 15 is 0 Å². The number of ether oxygens (including phenoxy) is 3. The first-order valence-electron chi connectivity index (χ1n) is 12.7. The zero-order chi connectivity index (χ0) is 26.0. The van der Waals surface area contributed by atoms with Crippen molar-refractivity contribution in [2.75, 3.05) is 20.4 Å². The number of aryl methyl sites for hydroxylation is 1. The van der Waals surface area contributed by atoms with Crippen molar-refractivity contribution in [3.8, 4) is 17.2 Å². The molecule has 0 unspecified atom stereocenters. The zero-order valence-corrected chi connectivity index (χ0v) is 21.4. The summed E-state index contributed by atoms with van der Waals surface area (Å²) in [6, 6.07) is 22.5. The number of methoxy groups -OCH3 is 1. The molecule has 1 aliphatic heterocycles. The topological polar surface area (TPSA) is 77.1 Å². The van der Waals surface area contributed by atoms with Crippen molar-refractivity contribution in [2.24, 2.45) is 0 Å². The Balaban J connectivity index is 1.59. The van der Waals surface area contributed by atoms with Gasteiger partial charge in [-0.3, -0.25) is 9.59 Å². The summed E-state index contributed by atoms with van der Waals surface area (Å²) in [4.78, 5) is 28.9. The molecule has 7 heteroatoms. The third-order valence-electron chi connectivity index (χ3n) is 6.37. The van der Waals surface area contributed by atoms with Crippen molar-refractivity contribution in [1.82, 2.24) is 10.2 Å². The van der Waals surface area contributed by atoms with Crippen LogP contribution in [0.2, 0.25) is 0 Å². The Kier molecular flexibility index (Phi) is 9.03. The smallest absolute Gasteiger partial charge is 0.243 e. The van der Waals surface area contributed by atoms with Crippen LogP contribution in [0.1, 0.15) is 36.5 Å². The van der Waals surface area contributed by atoms with Crippen LogP contribution < -0.4 is 19.5 Å². The molecule has 4 rings (SSSR count). The average molecular weight is 503 g/mol. The van der Waals surface area contributed by atoms with Gasteiger partial charge in [0.25, 0.3) is 0 Å². The lowest BCUT2D eigenvalue weighted by Gasteiger charge is -2.32. The monoisotopic (exact) mass is 502 g/mol. The molecular weight excluding hydrogens is 468 g/mol. The van der Waals surface area contributed by atoms with Crippen LogP contribution in [-0.4, -0.2) is 43.2 Å². The number of hydrogen-bond acceptors (Lipinski definition) is 5. The summed E-state index contributed by atoms with van der Waals surface area (Å²) in [6.45, 7) is 3.08. The van der Waals surface area contributed by atoms with Gasteiger partial charge in [-0.15, -0.1) is 0 Å².